The average Bonchev–Trinajstić information content (AvgIpc) is 2.60. The van der Waals surface area contributed by atoms with Crippen LogP contribution in [0.1, 0.15) is 16.1 Å². The molecule has 7 heteroatoms. The summed E-state index contributed by atoms with van der Waals surface area (Å²) >= 11 is 0. The molecule has 0 atom stereocenters. The minimum absolute atomic E-state index is 0.212. The minimum atomic E-state index is -0.466. The molecule has 0 radical (unpaired) electrons. The maximum Gasteiger partial charge on any atom is 0.255 e. The Balaban J connectivity index is 1.75. The van der Waals surface area contributed by atoms with Gasteiger partial charge in [0.1, 0.15) is 11.6 Å². The summed E-state index contributed by atoms with van der Waals surface area (Å²) < 4.78 is 26.5. The second-order valence-corrected chi connectivity index (χ2v) is 6.18. The number of likely N-dealkylation sites (N-methyl/N-ethyl adjacent to an activating group) is 1. The van der Waals surface area contributed by atoms with Crippen LogP contribution in [0.4, 0.5) is 14.5 Å². The van der Waals surface area contributed by atoms with Crippen molar-refractivity contribution in [3.05, 3.63) is 71.4 Å². The zero-order valence-electron chi connectivity index (χ0n) is 14.8. The molecule has 0 aliphatic heterocycles. The standard InChI is InChI=1S/C20H17F2N3O2/c1-12-17(8-13-6-7-15(22)10-18(13)23-12)20(27)25(2)11-19(26)24-16-5-3-4-14(21)9-16/h3-10H,11H2,1-2H3,(H,24,26). The molecule has 2 aromatic carbocycles. The molecule has 138 valence electrons. The molecule has 5 nitrogen and oxygen atoms in total. The lowest BCUT2D eigenvalue weighted by Gasteiger charge is -2.18. The van der Waals surface area contributed by atoms with E-state index in [9.17, 15) is 18.4 Å². The molecule has 0 saturated carbocycles. The van der Waals surface area contributed by atoms with Gasteiger partial charge in [-0.05, 0) is 43.3 Å². The Morgan fingerprint density at radius 2 is 1.81 bits per heavy atom. The summed E-state index contributed by atoms with van der Waals surface area (Å²) in [5.41, 5.74) is 1.53. The number of carbonyl (C=O) groups is 2. The fourth-order valence-corrected chi connectivity index (χ4v) is 2.71. The minimum Gasteiger partial charge on any atom is -0.332 e. The number of nitrogens with zero attached hydrogens (tertiary/aromatic N) is 2. The fourth-order valence-electron chi connectivity index (χ4n) is 2.71. The number of hydrogen-bond donors (Lipinski definition) is 1. The molecule has 0 aliphatic rings. The predicted octanol–water partition coefficient (Wildman–Crippen LogP) is 3.53. The van der Waals surface area contributed by atoms with E-state index in [4.69, 9.17) is 0 Å². The van der Waals surface area contributed by atoms with E-state index in [0.717, 1.165) is 0 Å². The number of benzene rings is 2. The van der Waals surface area contributed by atoms with Gasteiger partial charge in [-0.25, -0.2) is 8.78 Å². The lowest BCUT2D eigenvalue weighted by molar-refractivity contribution is -0.116. The second-order valence-electron chi connectivity index (χ2n) is 6.18. The number of pyridine rings is 1. The Bertz CT molecular complexity index is 1040. The van der Waals surface area contributed by atoms with Crippen LogP contribution in [-0.4, -0.2) is 35.3 Å². The van der Waals surface area contributed by atoms with Gasteiger partial charge in [-0.2, -0.15) is 0 Å². The molecule has 0 bridgehead atoms. The van der Waals surface area contributed by atoms with E-state index < -0.39 is 17.5 Å². The molecule has 3 aromatic rings. The summed E-state index contributed by atoms with van der Waals surface area (Å²) in [5, 5.41) is 3.17. The molecule has 3 rings (SSSR count). The van der Waals surface area contributed by atoms with Crippen molar-refractivity contribution in [3.8, 4) is 0 Å². The zero-order valence-corrected chi connectivity index (χ0v) is 14.8. The Hall–Kier alpha value is -3.35. The van der Waals surface area contributed by atoms with Gasteiger partial charge in [-0.15, -0.1) is 0 Å². The topological polar surface area (TPSA) is 62.3 Å². The molecule has 2 amide bonds. The van der Waals surface area contributed by atoms with E-state index in [1.807, 2.05) is 0 Å². The monoisotopic (exact) mass is 369 g/mol. The van der Waals surface area contributed by atoms with E-state index in [1.54, 1.807) is 25.1 Å². The van der Waals surface area contributed by atoms with Gasteiger partial charge < -0.3 is 10.2 Å². The first kappa shape index (κ1) is 18.4. The van der Waals surface area contributed by atoms with Crippen molar-refractivity contribution in [3.63, 3.8) is 0 Å². The third-order valence-electron chi connectivity index (χ3n) is 4.04. The van der Waals surface area contributed by atoms with Gasteiger partial charge in [0.2, 0.25) is 5.91 Å². The molecule has 0 spiro atoms. The first-order valence-electron chi connectivity index (χ1n) is 8.21. The van der Waals surface area contributed by atoms with Crippen molar-refractivity contribution in [2.24, 2.45) is 0 Å². The van der Waals surface area contributed by atoms with Crippen LogP contribution in [0.5, 0.6) is 0 Å². The van der Waals surface area contributed by atoms with Gasteiger partial charge in [-0.3, -0.25) is 14.6 Å². The van der Waals surface area contributed by atoms with Gasteiger partial charge in [0.15, 0.2) is 0 Å². The molecule has 0 aliphatic carbocycles. The number of aryl methyl sites for hydroxylation is 1. The number of carbonyl (C=O) groups excluding carboxylic acids is 2. The zero-order chi connectivity index (χ0) is 19.6. The van der Waals surface area contributed by atoms with Crippen LogP contribution in [-0.2, 0) is 4.79 Å². The Morgan fingerprint density at radius 1 is 1.07 bits per heavy atom. The second kappa shape index (κ2) is 7.49. The van der Waals surface area contributed by atoms with Crippen LogP contribution in [0.25, 0.3) is 10.9 Å². The highest BCUT2D eigenvalue weighted by molar-refractivity contribution is 6.01. The first-order valence-corrected chi connectivity index (χ1v) is 8.21. The molecule has 0 saturated heterocycles. The van der Waals surface area contributed by atoms with Crippen LogP contribution < -0.4 is 5.32 Å². The summed E-state index contributed by atoms with van der Waals surface area (Å²) in [6.07, 6.45) is 0. The highest BCUT2D eigenvalue weighted by Gasteiger charge is 2.18. The van der Waals surface area contributed by atoms with Crippen LogP contribution >= 0.6 is 0 Å². The number of fused-ring (bicyclic) bond motifs is 1. The summed E-state index contributed by atoms with van der Waals surface area (Å²) in [5.74, 6) is -1.71. The molecule has 1 N–H and O–H groups in total. The highest BCUT2D eigenvalue weighted by atomic mass is 19.1. The van der Waals surface area contributed by atoms with E-state index in [2.05, 4.69) is 10.3 Å². The molecular formula is C20H17F2N3O2. The van der Waals surface area contributed by atoms with Gasteiger partial charge in [0.25, 0.3) is 5.91 Å². The van der Waals surface area contributed by atoms with Crippen molar-refractivity contribution in [1.82, 2.24) is 9.88 Å². The number of amides is 2. The maximum atomic E-state index is 13.3. The van der Waals surface area contributed by atoms with Gasteiger partial charge >= 0.3 is 0 Å². The number of aromatic nitrogens is 1. The molecule has 1 heterocycles. The third-order valence-corrected chi connectivity index (χ3v) is 4.04. The summed E-state index contributed by atoms with van der Waals surface area (Å²) in [6.45, 7) is 1.44. The lowest BCUT2D eigenvalue weighted by atomic mass is 10.1. The smallest absolute Gasteiger partial charge is 0.255 e. The summed E-state index contributed by atoms with van der Waals surface area (Å²) in [6, 6.07) is 11.3. The largest absolute Gasteiger partial charge is 0.332 e. The molecule has 0 unspecified atom stereocenters. The summed E-state index contributed by atoms with van der Waals surface area (Å²) in [4.78, 5) is 30.3. The van der Waals surface area contributed by atoms with Crippen molar-refractivity contribution in [2.45, 2.75) is 6.92 Å². The van der Waals surface area contributed by atoms with Crippen molar-refractivity contribution >= 4 is 28.4 Å². The number of nitrogens with one attached hydrogen (secondary N) is 1. The van der Waals surface area contributed by atoms with Crippen molar-refractivity contribution in [1.29, 1.82) is 0 Å². The Labute approximate surface area is 154 Å². The molecule has 0 fully saturated rings. The van der Waals surface area contributed by atoms with Gasteiger partial charge in [0, 0.05) is 24.2 Å². The number of anilines is 1. The first-order chi connectivity index (χ1) is 12.8. The van der Waals surface area contributed by atoms with E-state index >= 15 is 0 Å². The van der Waals surface area contributed by atoms with Crippen LogP contribution in [0.3, 0.4) is 0 Å². The molecule has 1 aromatic heterocycles. The quantitative estimate of drug-likeness (QED) is 0.765. The average molecular weight is 369 g/mol. The van der Waals surface area contributed by atoms with Crippen LogP contribution in [0.15, 0.2) is 48.5 Å². The predicted molar refractivity (Wildman–Crippen MR) is 98.4 cm³/mol. The number of rotatable bonds is 4. The van der Waals surface area contributed by atoms with Gasteiger partial charge in [-0.1, -0.05) is 6.07 Å². The normalized spacial score (nSPS) is 10.7. The highest BCUT2D eigenvalue weighted by Crippen LogP contribution is 2.19. The maximum absolute atomic E-state index is 13.3. The van der Waals surface area contributed by atoms with Gasteiger partial charge in [0.05, 0.1) is 23.3 Å². The molecular weight excluding hydrogens is 352 g/mol. The van der Waals surface area contributed by atoms with E-state index in [1.165, 1.54) is 42.3 Å². The van der Waals surface area contributed by atoms with Crippen LogP contribution in [0.2, 0.25) is 0 Å². The Kier molecular flexibility index (Phi) is 5.12. The SMILES string of the molecule is Cc1nc2cc(F)ccc2cc1C(=O)N(C)CC(=O)Nc1cccc(F)c1. The van der Waals surface area contributed by atoms with Crippen LogP contribution in [0, 0.1) is 18.6 Å². The lowest BCUT2D eigenvalue weighted by Crippen LogP contribution is -2.35. The van der Waals surface area contributed by atoms with Crippen molar-refractivity contribution in [2.75, 3.05) is 18.9 Å². The number of hydrogen-bond acceptors (Lipinski definition) is 3. The fraction of sp³-hybridized carbons (Fsp3) is 0.150. The van der Waals surface area contributed by atoms with E-state index in [0.29, 0.717) is 27.8 Å². The van der Waals surface area contributed by atoms with E-state index in [-0.39, 0.29) is 12.5 Å². The Morgan fingerprint density at radius 3 is 2.56 bits per heavy atom. The third kappa shape index (κ3) is 4.25. The number of halogens is 2. The molecule has 27 heavy (non-hydrogen) atoms. The summed E-state index contributed by atoms with van der Waals surface area (Å²) in [7, 11) is 1.49. The van der Waals surface area contributed by atoms with Crippen molar-refractivity contribution < 1.29 is 18.4 Å².